The van der Waals surface area contributed by atoms with Crippen molar-refractivity contribution in [3.8, 4) is 23.0 Å². The van der Waals surface area contributed by atoms with Crippen LogP contribution in [0, 0.1) is 0 Å². The first-order valence-electron chi connectivity index (χ1n) is 11.8. The highest BCUT2D eigenvalue weighted by atomic mass is 35.5. The molecule has 0 saturated heterocycles. The van der Waals surface area contributed by atoms with Gasteiger partial charge >= 0.3 is 13.8 Å². The summed E-state index contributed by atoms with van der Waals surface area (Å²) in [7, 11) is 0.610. The van der Waals surface area contributed by atoms with E-state index in [0.29, 0.717) is 44.8 Å². The summed E-state index contributed by atoms with van der Waals surface area (Å²) in [6.45, 7) is 0.157. The number of ether oxygens (including phenoxy) is 4. The third kappa shape index (κ3) is 4.50. The number of aromatic amines is 2. The summed E-state index contributed by atoms with van der Waals surface area (Å²) in [5.41, 5.74) is 1.83. The number of hydrogen-bond donors (Lipinski definition) is 4. The van der Waals surface area contributed by atoms with E-state index in [1.807, 2.05) is 0 Å². The van der Waals surface area contributed by atoms with E-state index in [-0.39, 0.29) is 41.0 Å². The molecule has 4 aromatic rings. The molecule has 5 rings (SSSR count). The summed E-state index contributed by atoms with van der Waals surface area (Å²) < 4.78 is 37.9. The molecule has 40 heavy (non-hydrogen) atoms. The monoisotopic (exact) mass is 593 g/mol. The molecular formula is C25H25ClN3O10P. The maximum Gasteiger partial charge on any atom is 0.524 e. The smallest absolute Gasteiger partial charge is 0.493 e. The molecule has 0 fully saturated rings. The molecule has 2 aromatic carbocycles. The second-order valence-electron chi connectivity index (χ2n) is 8.91. The van der Waals surface area contributed by atoms with Crippen molar-refractivity contribution >= 4 is 58.8 Å². The molecule has 0 spiro atoms. The van der Waals surface area contributed by atoms with Gasteiger partial charge < -0.3 is 38.3 Å². The van der Waals surface area contributed by atoms with Crippen molar-refractivity contribution in [2.24, 2.45) is 0 Å². The van der Waals surface area contributed by atoms with Gasteiger partial charge in [-0.1, -0.05) is 0 Å². The van der Waals surface area contributed by atoms with E-state index in [1.54, 1.807) is 12.1 Å². The first kappa shape index (κ1) is 27.7. The molecule has 212 valence electrons. The molecule has 4 N–H and O–H groups in total. The van der Waals surface area contributed by atoms with Crippen LogP contribution in [-0.2, 0) is 9.30 Å². The van der Waals surface area contributed by atoms with Crippen LogP contribution in [0.3, 0.4) is 0 Å². The lowest BCUT2D eigenvalue weighted by molar-refractivity contribution is 0.0595. The molecule has 0 saturated carbocycles. The van der Waals surface area contributed by atoms with Crippen molar-refractivity contribution in [2.45, 2.75) is 5.92 Å². The Morgan fingerprint density at radius 2 is 1.68 bits per heavy atom. The van der Waals surface area contributed by atoms with Crippen LogP contribution in [0.15, 0.2) is 24.3 Å². The molecule has 13 nitrogen and oxygen atoms in total. The van der Waals surface area contributed by atoms with E-state index < -0.39 is 19.7 Å². The molecule has 1 amide bonds. The van der Waals surface area contributed by atoms with Crippen LogP contribution in [-0.4, -0.2) is 72.5 Å². The minimum absolute atomic E-state index is 0.0326. The lowest BCUT2D eigenvalue weighted by atomic mass is 9.98. The van der Waals surface area contributed by atoms with Crippen molar-refractivity contribution < 1.29 is 47.4 Å². The van der Waals surface area contributed by atoms with Gasteiger partial charge in [0.15, 0.2) is 17.2 Å². The number of carbonyl (C=O) groups excluding carboxylic acids is 2. The lowest BCUT2D eigenvalue weighted by Crippen LogP contribution is -2.30. The van der Waals surface area contributed by atoms with Gasteiger partial charge in [0.05, 0.1) is 45.2 Å². The van der Waals surface area contributed by atoms with Gasteiger partial charge in [0.1, 0.15) is 11.4 Å². The molecule has 0 bridgehead atoms. The summed E-state index contributed by atoms with van der Waals surface area (Å²) in [4.78, 5) is 52.6. The first-order valence-corrected chi connectivity index (χ1v) is 13.8. The van der Waals surface area contributed by atoms with E-state index in [0.717, 1.165) is 0 Å². The van der Waals surface area contributed by atoms with Crippen molar-refractivity contribution in [3.05, 3.63) is 41.2 Å². The largest absolute Gasteiger partial charge is 0.524 e. The molecule has 0 unspecified atom stereocenters. The molecule has 1 aliphatic rings. The Labute approximate surface area is 232 Å². The van der Waals surface area contributed by atoms with Gasteiger partial charge in [0, 0.05) is 35.2 Å². The molecule has 0 aliphatic carbocycles. The number of fused-ring (bicyclic) bond motifs is 4. The maximum atomic E-state index is 13.9. The Balaban J connectivity index is 1.68. The quantitative estimate of drug-likeness (QED) is 0.133. The summed E-state index contributed by atoms with van der Waals surface area (Å²) in [5.74, 6) is -0.535. The number of phosphoric ester groups is 1. The highest BCUT2D eigenvalue weighted by Crippen LogP contribution is 2.50. The van der Waals surface area contributed by atoms with Gasteiger partial charge in [-0.25, -0.2) is 9.36 Å². The fraction of sp³-hybridized carbons (Fsp3) is 0.280. The average molecular weight is 594 g/mol. The zero-order valence-corrected chi connectivity index (χ0v) is 23.4. The van der Waals surface area contributed by atoms with Crippen LogP contribution in [0.4, 0.5) is 5.69 Å². The van der Waals surface area contributed by atoms with Gasteiger partial charge in [-0.15, -0.1) is 11.6 Å². The topological polar surface area (TPSA) is 173 Å². The second-order valence-corrected chi connectivity index (χ2v) is 10.4. The number of aromatic nitrogens is 2. The van der Waals surface area contributed by atoms with Crippen molar-refractivity contribution in [1.29, 1.82) is 0 Å². The molecule has 0 radical (unpaired) electrons. The van der Waals surface area contributed by atoms with Gasteiger partial charge in [-0.3, -0.25) is 14.6 Å². The van der Waals surface area contributed by atoms with E-state index in [4.69, 9.17) is 35.1 Å². The SMILES string of the molecule is COC(=O)c1cc2c3c(cc(OP(=O)(O)O)c2[nH]1)N(C(=O)c1cc2cc(OC)c(OC)c(OC)c2[nH]1)C[C@H]3CCl. The Kier molecular flexibility index (Phi) is 7.09. The summed E-state index contributed by atoms with van der Waals surface area (Å²) in [5, 5.41) is 1.04. The Bertz CT molecular complexity index is 1710. The Hall–Kier alpha value is -3.90. The maximum absolute atomic E-state index is 13.9. The van der Waals surface area contributed by atoms with Crippen LogP contribution in [0.1, 0.15) is 32.5 Å². The number of alkyl halides is 1. The van der Waals surface area contributed by atoms with Crippen LogP contribution in [0.2, 0.25) is 0 Å². The number of hydrogen-bond acceptors (Lipinski definition) is 8. The number of amides is 1. The molecular weight excluding hydrogens is 569 g/mol. The lowest BCUT2D eigenvalue weighted by Gasteiger charge is -2.18. The van der Waals surface area contributed by atoms with Crippen LogP contribution < -0.4 is 23.6 Å². The van der Waals surface area contributed by atoms with E-state index in [2.05, 4.69) is 9.97 Å². The number of esters is 1. The van der Waals surface area contributed by atoms with Crippen molar-refractivity contribution in [3.63, 3.8) is 0 Å². The minimum Gasteiger partial charge on any atom is -0.493 e. The molecule has 3 heterocycles. The molecule has 1 atom stereocenters. The average Bonchev–Trinajstić information content (AvgIpc) is 3.65. The molecule has 2 aromatic heterocycles. The molecule has 1 aliphatic heterocycles. The summed E-state index contributed by atoms with van der Waals surface area (Å²) in [6, 6.07) is 6.15. The normalized spacial score (nSPS) is 14.9. The predicted octanol–water partition coefficient (Wildman–Crippen LogP) is 3.92. The second kappa shape index (κ2) is 10.3. The zero-order valence-electron chi connectivity index (χ0n) is 21.7. The number of nitrogens with one attached hydrogen (secondary N) is 2. The van der Waals surface area contributed by atoms with Gasteiger partial charge in [0.25, 0.3) is 5.91 Å². The number of phosphoric acid groups is 1. The summed E-state index contributed by atoms with van der Waals surface area (Å²) >= 11 is 6.32. The highest BCUT2D eigenvalue weighted by Gasteiger charge is 2.37. The Morgan fingerprint density at radius 1 is 0.975 bits per heavy atom. The molecule has 15 heteroatoms. The number of rotatable bonds is 8. The first-order chi connectivity index (χ1) is 19.0. The highest BCUT2D eigenvalue weighted by molar-refractivity contribution is 7.46. The van der Waals surface area contributed by atoms with Crippen molar-refractivity contribution in [1.82, 2.24) is 9.97 Å². The predicted molar refractivity (Wildman–Crippen MR) is 145 cm³/mol. The van der Waals surface area contributed by atoms with Gasteiger partial charge in [-0.05, 0) is 23.8 Å². The van der Waals surface area contributed by atoms with Crippen LogP contribution >= 0.6 is 19.4 Å². The number of H-pyrrole nitrogens is 2. The fourth-order valence-corrected chi connectivity index (χ4v) is 5.73. The standard InChI is InChI=1S/C25H25ClN3O10P/c1-35-18-6-11-5-14(27-20(11)23(37-3)22(18)36-2)24(30)29-10-12(9-26)19-13-7-15(25(31)38-4)28-21(13)17(8-16(19)29)39-40(32,33)34/h5-8,12,27-28H,9-10H2,1-4H3,(H2,32,33,34)/t12-/m1/s1. The van der Waals surface area contributed by atoms with E-state index in [9.17, 15) is 23.9 Å². The number of nitrogens with zero attached hydrogens (tertiary/aromatic N) is 1. The number of carbonyl (C=O) groups is 2. The van der Waals surface area contributed by atoms with Gasteiger partial charge in [0.2, 0.25) is 5.75 Å². The number of methoxy groups -OCH3 is 4. The Morgan fingerprint density at radius 3 is 2.27 bits per heavy atom. The third-order valence-corrected chi connectivity index (χ3v) is 7.51. The zero-order chi connectivity index (χ0) is 28.9. The minimum atomic E-state index is -5.02. The van der Waals surface area contributed by atoms with Crippen LogP contribution in [0.5, 0.6) is 23.0 Å². The fourth-order valence-electron chi connectivity index (χ4n) is 5.08. The summed E-state index contributed by atoms with van der Waals surface area (Å²) in [6.07, 6.45) is 0. The van der Waals surface area contributed by atoms with Gasteiger partial charge in [-0.2, -0.15) is 0 Å². The number of anilines is 1. The third-order valence-electron chi connectivity index (χ3n) is 6.70. The van der Waals surface area contributed by atoms with E-state index in [1.165, 1.54) is 45.5 Å². The number of benzene rings is 2. The number of halogens is 1. The van der Waals surface area contributed by atoms with Crippen LogP contribution in [0.25, 0.3) is 21.8 Å². The van der Waals surface area contributed by atoms with E-state index >= 15 is 0 Å². The van der Waals surface area contributed by atoms with Crippen molar-refractivity contribution in [2.75, 3.05) is 45.8 Å².